The van der Waals surface area contributed by atoms with E-state index in [0.717, 1.165) is 16.3 Å². The molecule has 2 fully saturated rings. The van der Waals surface area contributed by atoms with Crippen molar-refractivity contribution in [2.24, 2.45) is 11.8 Å². The summed E-state index contributed by atoms with van der Waals surface area (Å²) in [6.45, 7) is 0. The Bertz CT molecular complexity index is 198. The fraction of sp³-hybridized carbons (Fsp3) is 1.00. The van der Waals surface area contributed by atoms with Crippen LogP contribution in [0.25, 0.3) is 0 Å². The van der Waals surface area contributed by atoms with Gasteiger partial charge in [0.05, 0.1) is 5.60 Å². The van der Waals surface area contributed by atoms with E-state index < -0.39 is 0 Å². The van der Waals surface area contributed by atoms with Crippen molar-refractivity contribution in [3.05, 3.63) is 0 Å². The fourth-order valence-electron chi connectivity index (χ4n) is 3.93. The molecule has 0 unspecified atom stereocenters. The van der Waals surface area contributed by atoms with Gasteiger partial charge in [-0.25, -0.2) is 0 Å². The van der Waals surface area contributed by atoms with Gasteiger partial charge in [0.15, 0.2) is 0 Å². The van der Waals surface area contributed by atoms with Crippen LogP contribution in [0.3, 0.4) is 0 Å². The highest BCUT2D eigenvalue weighted by Crippen LogP contribution is 2.45. The molecule has 0 amide bonds. The molecule has 0 aromatic heterocycles. The van der Waals surface area contributed by atoms with Crippen LogP contribution >= 0.6 is 22.6 Å². The number of halogens is 1. The van der Waals surface area contributed by atoms with Gasteiger partial charge in [-0.3, -0.25) is 0 Å². The van der Waals surface area contributed by atoms with E-state index in [2.05, 4.69) is 33.1 Å². The second-order valence-electron chi connectivity index (χ2n) is 5.86. The average Bonchev–Trinajstić information content (AvgIpc) is 2.43. The minimum Gasteiger partial charge on any atom is -0.412 e. The molecule has 0 atom stereocenters. The molecule has 2 aliphatic rings. The second kappa shape index (κ2) is 6.90. The Morgan fingerprint density at radius 1 is 0.882 bits per heavy atom. The van der Waals surface area contributed by atoms with E-state index in [9.17, 15) is 0 Å². The highest BCUT2D eigenvalue weighted by atomic mass is 127. The van der Waals surface area contributed by atoms with Crippen molar-refractivity contribution >= 4 is 33.1 Å². The first-order valence-corrected chi connectivity index (χ1v) is 9.17. The zero-order valence-corrected chi connectivity index (χ0v) is 13.9. The molecule has 0 aromatic carbocycles. The Balaban J connectivity index is 2.10. The SMILES string of the molecule is [Si]OC(CI)(C1CCCCC1)C1CCCCC1. The summed E-state index contributed by atoms with van der Waals surface area (Å²) in [6.07, 6.45) is 14.0. The molecule has 0 N–H and O–H groups in total. The van der Waals surface area contributed by atoms with Crippen molar-refractivity contribution in [2.75, 3.05) is 4.43 Å². The molecular formula is C14H24IOSi. The standard InChI is InChI=1S/C14H24IOSi/c15-11-14(16-17,12-7-3-1-4-8-12)13-9-5-2-6-10-13/h12-13H,1-11H2. The van der Waals surface area contributed by atoms with Gasteiger partial charge in [-0.05, 0) is 37.5 Å². The van der Waals surface area contributed by atoms with E-state index in [4.69, 9.17) is 4.43 Å². The van der Waals surface area contributed by atoms with Crippen LogP contribution in [0.2, 0.25) is 0 Å². The van der Waals surface area contributed by atoms with Crippen molar-refractivity contribution in [3.63, 3.8) is 0 Å². The topological polar surface area (TPSA) is 9.23 Å². The first kappa shape index (κ1) is 14.3. The number of alkyl halides is 1. The molecule has 0 spiro atoms. The van der Waals surface area contributed by atoms with Crippen LogP contribution in [0.4, 0.5) is 0 Å². The average molecular weight is 363 g/mol. The number of hydrogen-bond donors (Lipinski definition) is 0. The zero-order valence-electron chi connectivity index (χ0n) is 10.7. The van der Waals surface area contributed by atoms with E-state index >= 15 is 0 Å². The fourth-order valence-corrected chi connectivity index (χ4v) is 6.03. The highest BCUT2D eigenvalue weighted by Gasteiger charge is 2.44. The highest BCUT2D eigenvalue weighted by molar-refractivity contribution is 14.1. The lowest BCUT2D eigenvalue weighted by Gasteiger charge is -2.47. The predicted octanol–water partition coefficient (Wildman–Crippen LogP) is 4.42. The molecule has 3 radical (unpaired) electrons. The Morgan fingerprint density at radius 2 is 1.29 bits per heavy atom. The molecule has 2 rings (SSSR count). The van der Waals surface area contributed by atoms with Gasteiger partial charge in [-0.2, -0.15) is 0 Å². The minimum absolute atomic E-state index is 0.123. The Morgan fingerprint density at radius 3 is 1.59 bits per heavy atom. The maximum absolute atomic E-state index is 5.96. The van der Waals surface area contributed by atoms with Crippen LogP contribution in [-0.4, -0.2) is 20.5 Å². The lowest BCUT2D eigenvalue weighted by molar-refractivity contribution is -0.0429. The van der Waals surface area contributed by atoms with Gasteiger partial charge in [0, 0.05) is 4.43 Å². The molecule has 0 aliphatic heterocycles. The summed E-state index contributed by atoms with van der Waals surface area (Å²) in [5, 5.41) is 0. The summed E-state index contributed by atoms with van der Waals surface area (Å²) in [4.78, 5) is 0. The van der Waals surface area contributed by atoms with Gasteiger partial charge in [0.1, 0.15) is 0 Å². The third-order valence-corrected chi connectivity index (χ3v) is 6.56. The van der Waals surface area contributed by atoms with Crippen LogP contribution < -0.4 is 0 Å². The lowest BCUT2D eigenvalue weighted by Crippen LogP contribution is -2.50. The van der Waals surface area contributed by atoms with Crippen molar-refractivity contribution in [2.45, 2.75) is 69.8 Å². The molecule has 0 saturated heterocycles. The molecule has 0 heterocycles. The van der Waals surface area contributed by atoms with Gasteiger partial charge in [-0.1, -0.05) is 61.1 Å². The van der Waals surface area contributed by atoms with Crippen LogP contribution in [0.1, 0.15) is 64.2 Å². The van der Waals surface area contributed by atoms with Crippen LogP contribution in [-0.2, 0) is 4.43 Å². The molecule has 97 valence electrons. The van der Waals surface area contributed by atoms with E-state index in [-0.39, 0.29) is 5.60 Å². The van der Waals surface area contributed by atoms with Crippen molar-refractivity contribution in [1.29, 1.82) is 0 Å². The Hall–Kier alpha value is 0.907. The molecule has 3 heteroatoms. The third-order valence-electron chi connectivity index (χ3n) is 4.99. The normalized spacial score (nSPS) is 25.1. The summed E-state index contributed by atoms with van der Waals surface area (Å²) >= 11 is 2.55. The van der Waals surface area contributed by atoms with Gasteiger partial charge in [0.25, 0.3) is 0 Å². The van der Waals surface area contributed by atoms with Gasteiger partial charge >= 0.3 is 0 Å². The van der Waals surface area contributed by atoms with E-state index in [1.54, 1.807) is 0 Å². The zero-order chi connectivity index (χ0) is 12.1. The summed E-state index contributed by atoms with van der Waals surface area (Å²) in [7, 11) is 3.45. The summed E-state index contributed by atoms with van der Waals surface area (Å²) in [6, 6.07) is 0. The van der Waals surface area contributed by atoms with Crippen LogP contribution in [0.15, 0.2) is 0 Å². The molecule has 17 heavy (non-hydrogen) atoms. The van der Waals surface area contributed by atoms with Crippen molar-refractivity contribution in [1.82, 2.24) is 0 Å². The van der Waals surface area contributed by atoms with Crippen molar-refractivity contribution < 1.29 is 4.43 Å². The predicted molar refractivity (Wildman–Crippen MR) is 81.6 cm³/mol. The van der Waals surface area contributed by atoms with Gasteiger partial charge < -0.3 is 4.43 Å². The molecule has 0 bridgehead atoms. The van der Waals surface area contributed by atoms with E-state index in [0.29, 0.717) is 0 Å². The van der Waals surface area contributed by atoms with Crippen LogP contribution in [0, 0.1) is 11.8 Å². The molecule has 2 saturated carbocycles. The maximum atomic E-state index is 5.96. The lowest BCUT2D eigenvalue weighted by atomic mass is 9.67. The minimum atomic E-state index is 0.123. The maximum Gasteiger partial charge on any atom is 0.247 e. The Kier molecular flexibility index (Phi) is 5.81. The quantitative estimate of drug-likeness (QED) is 0.408. The third kappa shape index (κ3) is 3.08. The first-order chi connectivity index (χ1) is 8.33. The van der Waals surface area contributed by atoms with E-state index in [1.165, 1.54) is 64.2 Å². The van der Waals surface area contributed by atoms with Gasteiger partial charge in [0.2, 0.25) is 10.5 Å². The first-order valence-electron chi connectivity index (χ1n) is 7.24. The van der Waals surface area contributed by atoms with E-state index in [1.807, 2.05) is 0 Å². The number of hydrogen-bond acceptors (Lipinski definition) is 1. The monoisotopic (exact) mass is 363 g/mol. The Labute approximate surface area is 123 Å². The molecule has 2 aliphatic carbocycles. The summed E-state index contributed by atoms with van der Waals surface area (Å²) < 4.78 is 7.11. The second-order valence-corrected chi connectivity index (χ2v) is 6.83. The molecule has 1 nitrogen and oxygen atoms in total. The smallest absolute Gasteiger partial charge is 0.247 e. The van der Waals surface area contributed by atoms with Crippen LogP contribution in [0.5, 0.6) is 0 Å². The van der Waals surface area contributed by atoms with Crippen molar-refractivity contribution in [3.8, 4) is 0 Å². The number of rotatable bonds is 4. The molecule has 0 aromatic rings. The summed E-state index contributed by atoms with van der Waals surface area (Å²) in [5.74, 6) is 1.57. The summed E-state index contributed by atoms with van der Waals surface area (Å²) in [5.41, 5.74) is 0.123. The van der Waals surface area contributed by atoms with Gasteiger partial charge in [-0.15, -0.1) is 0 Å². The molecular weight excluding hydrogens is 339 g/mol. The largest absolute Gasteiger partial charge is 0.412 e.